The highest BCUT2D eigenvalue weighted by Gasteiger charge is 2.33. The molecule has 208 valence electrons. The lowest BCUT2D eigenvalue weighted by Gasteiger charge is -2.32. The second-order valence-corrected chi connectivity index (χ2v) is 12.2. The molecule has 0 fully saturated rings. The molecule has 2 unspecified atom stereocenters. The number of nitrogens with one attached hydrogen (secondary N) is 1. The normalized spacial score (nSPS) is 12.9. The van der Waals surface area contributed by atoms with Gasteiger partial charge in [0.05, 0.1) is 10.6 Å². The van der Waals surface area contributed by atoms with Crippen molar-refractivity contribution in [1.82, 2.24) is 10.2 Å². The van der Waals surface area contributed by atoms with Gasteiger partial charge >= 0.3 is 0 Å². The van der Waals surface area contributed by atoms with Crippen LogP contribution in [-0.2, 0) is 26.2 Å². The van der Waals surface area contributed by atoms with Crippen molar-refractivity contribution in [3.05, 3.63) is 93.4 Å². The summed E-state index contributed by atoms with van der Waals surface area (Å²) in [4.78, 5) is 28.3. The second-order valence-electron chi connectivity index (χ2n) is 9.06. The lowest BCUT2D eigenvalue weighted by molar-refractivity contribution is -0.139. The Balaban J connectivity index is 2.04. The zero-order valence-corrected chi connectivity index (χ0v) is 24.9. The van der Waals surface area contributed by atoms with Gasteiger partial charge in [0.1, 0.15) is 12.6 Å². The molecule has 0 saturated carbocycles. The van der Waals surface area contributed by atoms with Crippen LogP contribution < -0.4 is 9.62 Å². The van der Waals surface area contributed by atoms with E-state index >= 15 is 0 Å². The summed E-state index contributed by atoms with van der Waals surface area (Å²) >= 11 is 18.6. The van der Waals surface area contributed by atoms with Crippen molar-refractivity contribution in [3.63, 3.8) is 0 Å². The van der Waals surface area contributed by atoms with Crippen LogP contribution in [0.15, 0.2) is 77.7 Å². The molecule has 7 nitrogen and oxygen atoms in total. The van der Waals surface area contributed by atoms with E-state index in [2.05, 4.69) is 5.32 Å². The molecule has 3 aromatic carbocycles. The fourth-order valence-electron chi connectivity index (χ4n) is 3.76. The van der Waals surface area contributed by atoms with Crippen molar-refractivity contribution >= 4 is 62.3 Å². The van der Waals surface area contributed by atoms with Gasteiger partial charge in [-0.3, -0.25) is 13.9 Å². The van der Waals surface area contributed by atoms with Gasteiger partial charge in [-0.25, -0.2) is 8.42 Å². The molecule has 0 heterocycles. The fourth-order valence-corrected chi connectivity index (χ4v) is 5.84. The maximum Gasteiger partial charge on any atom is 0.264 e. The van der Waals surface area contributed by atoms with Gasteiger partial charge < -0.3 is 10.2 Å². The number of anilines is 1. The molecule has 3 aromatic rings. The zero-order valence-electron chi connectivity index (χ0n) is 21.8. The van der Waals surface area contributed by atoms with E-state index in [0.29, 0.717) is 27.1 Å². The van der Waals surface area contributed by atoms with Gasteiger partial charge in [0.2, 0.25) is 11.8 Å². The van der Waals surface area contributed by atoms with Crippen LogP contribution in [0.25, 0.3) is 0 Å². The first-order chi connectivity index (χ1) is 18.4. The zero-order chi connectivity index (χ0) is 28.7. The molecule has 2 amide bonds. The number of rotatable bonds is 11. The molecule has 3 rings (SSSR count). The summed E-state index contributed by atoms with van der Waals surface area (Å²) in [5, 5.41) is 3.93. The van der Waals surface area contributed by atoms with Crippen LogP contribution in [0.4, 0.5) is 5.69 Å². The summed E-state index contributed by atoms with van der Waals surface area (Å²) in [6, 6.07) is 17.8. The van der Waals surface area contributed by atoms with E-state index in [0.717, 1.165) is 4.31 Å². The highest BCUT2D eigenvalue weighted by molar-refractivity contribution is 7.92. The number of amides is 2. The number of carbonyl (C=O) groups is 2. The van der Waals surface area contributed by atoms with E-state index in [-0.39, 0.29) is 29.1 Å². The van der Waals surface area contributed by atoms with Gasteiger partial charge in [0, 0.05) is 27.7 Å². The molecule has 0 aromatic heterocycles. The van der Waals surface area contributed by atoms with Crippen molar-refractivity contribution in [3.8, 4) is 0 Å². The Morgan fingerprint density at radius 1 is 0.897 bits per heavy atom. The molecule has 1 N–H and O–H groups in total. The fraction of sp³-hybridized carbons (Fsp3) is 0.286. The van der Waals surface area contributed by atoms with Gasteiger partial charge in [-0.05, 0) is 68.3 Å². The van der Waals surface area contributed by atoms with Crippen LogP contribution in [0.1, 0.15) is 32.8 Å². The lowest BCUT2D eigenvalue weighted by Crippen LogP contribution is -2.52. The van der Waals surface area contributed by atoms with E-state index in [4.69, 9.17) is 34.8 Å². The number of nitrogens with zero attached hydrogens (tertiary/aromatic N) is 2. The van der Waals surface area contributed by atoms with E-state index in [9.17, 15) is 18.0 Å². The summed E-state index contributed by atoms with van der Waals surface area (Å²) in [5.41, 5.74) is 0.763. The predicted molar refractivity (Wildman–Crippen MR) is 157 cm³/mol. The van der Waals surface area contributed by atoms with Crippen molar-refractivity contribution < 1.29 is 18.0 Å². The number of carbonyl (C=O) groups excluding carboxylic acids is 2. The number of hydrogen-bond donors (Lipinski definition) is 1. The molecule has 39 heavy (non-hydrogen) atoms. The molecule has 0 aliphatic rings. The molecule has 0 radical (unpaired) electrons. The first kappa shape index (κ1) is 30.8. The Labute approximate surface area is 244 Å². The van der Waals surface area contributed by atoms with E-state index in [1.165, 1.54) is 23.1 Å². The summed E-state index contributed by atoms with van der Waals surface area (Å²) in [6.07, 6.45) is 0.702. The van der Waals surface area contributed by atoms with Gasteiger partial charge in [0.25, 0.3) is 10.0 Å². The lowest BCUT2D eigenvalue weighted by atomic mass is 10.1. The summed E-state index contributed by atoms with van der Waals surface area (Å²) < 4.78 is 28.5. The van der Waals surface area contributed by atoms with Gasteiger partial charge in [-0.2, -0.15) is 0 Å². The van der Waals surface area contributed by atoms with E-state index in [1.807, 2.05) is 13.8 Å². The molecule has 0 aliphatic heterocycles. The highest BCUT2D eigenvalue weighted by Crippen LogP contribution is 2.28. The van der Waals surface area contributed by atoms with Gasteiger partial charge in [0.15, 0.2) is 0 Å². The Morgan fingerprint density at radius 3 is 2.18 bits per heavy atom. The molecule has 0 spiro atoms. The standard InChI is InChI=1S/C28H30Cl3N3O4S/c1-4-19(2)32-28(36)20(3)33(17-21-13-14-23(30)16-26(21)31)27(35)18-34(24-10-8-9-22(29)15-24)39(37,38)25-11-6-5-7-12-25/h5-16,19-20H,4,17-18H2,1-3H3,(H,32,36). The molecule has 0 saturated heterocycles. The molecule has 0 bridgehead atoms. The monoisotopic (exact) mass is 609 g/mol. The van der Waals surface area contributed by atoms with Crippen LogP contribution in [0, 0.1) is 0 Å². The topological polar surface area (TPSA) is 86.8 Å². The minimum absolute atomic E-state index is 0.00707. The van der Waals surface area contributed by atoms with Crippen LogP contribution in [0.2, 0.25) is 15.1 Å². The smallest absolute Gasteiger partial charge is 0.264 e. The second kappa shape index (κ2) is 13.5. The van der Waals surface area contributed by atoms with Crippen LogP contribution in [0.5, 0.6) is 0 Å². The summed E-state index contributed by atoms with van der Waals surface area (Å²) in [6.45, 7) is 4.76. The van der Waals surface area contributed by atoms with Crippen LogP contribution >= 0.6 is 34.8 Å². The summed E-state index contributed by atoms with van der Waals surface area (Å²) in [5.74, 6) is -0.977. The molecule has 0 aliphatic carbocycles. The Morgan fingerprint density at radius 2 is 1.56 bits per heavy atom. The number of halogens is 3. The molecule has 2 atom stereocenters. The third-order valence-electron chi connectivity index (χ3n) is 6.23. The first-order valence-corrected chi connectivity index (χ1v) is 14.9. The maximum atomic E-state index is 13.9. The Bertz CT molecular complexity index is 1420. The Hall–Kier alpha value is -2.78. The largest absolute Gasteiger partial charge is 0.352 e. The van der Waals surface area contributed by atoms with Crippen molar-refractivity contribution in [1.29, 1.82) is 0 Å². The minimum Gasteiger partial charge on any atom is -0.352 e. The minimum atomic E-state index is -4.17. The van der Waals surface area contributed by atoms with Crippen molar-refractivity contribution in [2.24, 2.45) is 0 Å². The first-order valence-electron chi connectivity index (χ1n) is 12.3. The van der Waals surface area contributed by atoms with E-state index < -0.39 is 28.5 Å². The SMILES string of the molecule is CCC(C)NC(=O)C(C)N(Cc1ccc(Cl)cc1Cl)C(=O)CN(c1cccc(Cl)c1)S(=O)(=O)c1ccccc1. The number of benzene rings is 3. The van der Waals surface area contributed by atoms with Crippen molar-refractivity contribution in [2.75, 3.05) is 10.8 Å². The predicted octanol–water partition coefficient (Wildman–Crippen LogP) is 6.17. The van der Waals surface area contributed by atoms with Gasteiger partial charge in [-0.15, -0.1) is 0 Å². The quantitative estimate of drug-likeness (QED) is 0.281. The average Bonchev–Trinajstić information content (AvgIpc) is 2.91. The Kier molecular flexibility index (Phi) is 10.7. The van der Waals surface area contributed by atoms with Crippen LogP contribution in [-0.4, -0.2) is 43.8 Å². The van der Waals surface area contributed by atoms with Crippen LogP contribution in [0.3, 0.4) is 0 Å². The third kappa shape index (κ3) is 7.88. The number of hydrogen-bond acceptors (Lipinski definition) is 4. The highest BCUT2D eigenvalue weighted by atomic mass is 35.5. The molecule has 11 heteroatoms. The van der Waals surface area contributed by atoms with E-state index in [1.54, 1.807) is 61.5 Å². The molecular weight excluding hydrogens is 581 g/mol. The summed E-state index contributed by atoms with van der Waals surface area (Å²) in [7, 11) is -4.17. The van der Waals surface area contributed by atoms with Crippen molar-refractivity contribution in [2.45, 2.75) is 50.7 Å². The number of sulfonamides is 1. The maximum absolute atomic E-state index is 13.9. The van der Waals surface area contributed by atoms with Gasteiger partial charge in [-0.1, -0.05) is 72.1 Å². The molecular formula is C28H30Cl3N3O4S. The average molecular weight is 611 g/mol. The third-order valence-corrected chi connectivity index (χ3v) is 8.84.